The Morgan fingerprint density at radius 1 is 1.05 bits per heavy atom. The third kappa shape index (κ3) is 3.46. The molecule has 0 atom stereocenters. The quantitative estimate of drug-likeness (QED) is 0.809. The van der Waals surface area contributed by atoms with Gasteiger partial charge in [0.05, 0.1) is 11.4 Å². The van der Waals surface area contributed by atoms with Crippen molar-refractivity contribution in [1.29, 1.82) is 0 Å². The number of hydrogen-bond donors (Lipinski definition) is 1. The van der Waals surface area contributed by atoms with E-state index in [2.05, 4.69) is 13.8 Å². The molecular weight excluding hydrogens is 260 g/mol. The van der Waals surface area contributed by atoms with Crippen molar-refractivity contribution in [2.75, 3.05) is 0 Å². The van der Waals surface area contributed by atoms with Crippen molar-refractivity contribution >= 4 is 0 Å². The Morgan fingerprint density at radius 3 is 2.38 bits per heavy atom. The van der Waals surface area contributed by atoms with Crippen molar-refractivity contribution in [2.45, 2.75) is 59.3 Å². The normalized spacial score (nSPS) is 11.0. The summed E-state index contributed by atoms with van der Waals surface area (Å²) in [4.78, 5) is 0. The molecule has 0 aliphatic carbocycles. The summed E-state index contributed by atoms with van der Waals surface area (Å²) in [6, 6.07) is 8.05. The summed E-state index contributed by atoms with van der Waals surface area (Å²) in [5.74, 6) is 0.323. The van der Waals surface area contributed by atoms with Crippen LogP contribution in [0.4, 0.5) is 0 Å². The van der Waals surface area contributed by atoms with E-state index in [-0.39, 0.29) is 0 Å². The topological polar surface area (TPSA) is 38.0 Å². The zero-order chi connectivity index (χ0) is 15.2. The van der Waals surface area contributed by atoms with E-state index in [4.69, 9.17) is 5.10 Å². The predicted molar refractivity (Wildman–Crippen MR) is 87.2 cm³/mol. The van der Waals surface area contributed by atoms with Gasteiger partial charge in [-0.1, -0.05) is 44.9 Å². The minimum absolute atomic E-state index is 0.323. The lowest BCUT2D eigenvalue weighted by molar-refractivity contribution is 0.427. The van der Waals surface area contributed by atoms with Crippen LogP contribution in [0.1, 0.15) is 56.4 Å². The van der Waals surface area contributed by atoms with Crippen molar-refractivity contribution in [2.24, 2.45) is 0 Å². The van der Waals surface area contributed by atoms with E-state index in [9.17, 15) is 5.11 Å². The van der Waals surface area contributed by atoms with Gasteiger partial charge in [0.1, 0.15) is 0 Å². The molecule has 1 aromatic heterocycles. The molecule has 0 aliphatic rings. The lowest BCUT2D eigenvalue weighted by atomic mass is 10.1. The molecule has 0 fully saturated rings. The number of rotatable bonds is 7. The molecule has 0 bridgehead atoms. The molecule has 2 rings (SSSR count). The molecule has 0 aliphatic heterocycles. The first kappa shape index (κ1) is 15.6. The standard InChI is InChI=1S/C18H26N2O/c1-4-6-11-15-16(12-7-5-2)19-20(18(15)21)17-13-9-8-10-14(17)3/h8-10,13,21H,4-7,11-12H2,1-3H3. The summed E-state index contributed by atoms with van der Waals surface area (Å²) >= 11 is 0. The SMILES string of the molecule is CCCCc1nn(-c2ccccc2C)c(O)c1CCCC. The van der Waals surface area contributed by atoms with Gasteiger partial charge < -0.3 is 5.11 Å². The smallest absolute Gasteiger partial charge is 0.217 e. The Bertz CT molecular complexity index is 587. The first-order valence-electron chi connectivity index (χ1n) is 8.04. The predicted octanol–water partition coefficient (Wildman–Crippen LogP) is 4.57. The van der Waals surface area contributed by atoms with Crippen molar-refractivity contribution < 1.29 is 5.11 Å². The number of hydrogen-bond acceptors (Lipinski definition) is 2. The van der Waals surface area contributed by atoms with E-state index in [1.807, 2.05) is 31.2 Å². The van der Waals surface area contributed by atoms with Gasteiger partial charge in [-0.2, -0.15) is 5.10 Å². The summed E-state index contributed by atoms with van der Waals surface area (Å²) < 4.78 is 1.71. The number of unbranched alkanes of at least 4 members (excludes halogenated alkanes) is 2. The van der Waals surface area contributed by atoms with Gasteiger partial charge in [-0.05, 0) is 44.2 Å². The molecule has 3 heteroatoms. The van der Waals surface area contributed by atoms with Gasteiger partial charge in [-0.15, -0.1) is 0 Å². The Balaban J connectivity index is 2.42. The number of benzene rings is 1. The molecule has 0 saturated carbocycles. The molecular formula is C18H26N2O. The molecule has 1 heterocycles. The van der Waals surface area contributed by atoms with Gasteiger partial charge in [-0.3, -0.25) is 0 Å². The Labute approximate surface area is 127 Å². The molecule has 0 radical (unpaired) electrons. The number of aromatic nitrogens is 2. The zero-order valence-corrected chi connectivity index (χ0v) is 13.4. The van der Waals surface area contributed by atoms with Crippen LogP contribution in [0.5, 0.6) is 5.88 Å². The second kappa shape index (κ2) is 7.30. The van der Waals surface area contributed by atoms with Crippen LogP contribution < -0.4 is 0 Å². The second-order valence-corrected chi connectivity index (χ2v) is 5.65. The molecule has 0 unspecified atom stereocenters. The molecule has 114 valence electrons. The highest BCUT2D eigenvalue weighted by molar-refractivity contribution is 5.45. The Morgan fingerprint density at radius 2 is 1.71 bits per heavy atom. The highest BCUT2D eigenvalue weighted by Gasteiger charge is 2.18. The van der Waals surface area contributed by atoms with E-state index >= 15 is 0 Å². The summed E-state index contributed by atoms with van der Waals surface area (Å²) in [7, 11) is 0. The molecule has 3 nitrogen and oxygen atoms in total. The average molecular weight is 286 g/mol. The maximum atomic E-state index is 10.6. The first-order valence-corrected chi connectivity index (χ1v) is 8.04. The highest BCUT2D eigenvalue weighted by atomic mass is 16.3. The van der Waals surface area contributed by atoms with Crippen LogP contribution in [0.3, 0.4) is 0 Å². The van der Waals surface area contributed by atoms with Gasteiger partial charge in [0.15, 0.2) is 0 Å². The zero-order valence-electron chi connectivity index (χ0n) is 13.4. The van der Waals surface area contributed by atoms with E-state index in [1.54, 1.807) is 4.68 Å². The van der Waals surface area contributed by atoms with Gasteiger partial charge in [0.2, 0.25) is 5.88 Å². The molecule has 0 amide bonds. The van der Waals surface area contributed by atoms with Crippen LogP contribution in [-0.4, -0.2) is 14.9 Å². The van der Waals surface area contributed by atoms with Crippen molar-refractivity contribution in [1.82, 2.24) is 9.78 Å². The van der Waals surface area contributed by atoms with E-state index in [0.717, 1.165) is 61.0 Å². The van der Waals surface area contributed by atoms with Crippen LogP contribution in [0, 0.1) is 6.92 Å². The maximum absolute atomic E-state index is 10.6. The van der Waals surface area contributed by atoms with Gasteiger partial charge in [0.25, 0.3) is 0 Å². The number of para-hydroxylation sites is 1. The molecule has 1 aromatic carbocycles. The van der Waals surface area contributed by atoms with Crippen LogP contribution in [0.2, 0.25) is 0 Å². The summed E-state index contributed by atoms with van der Waals surface area (Å²) in [5, 5.41) is 15.3. The lowest BCUT2D eigenvalue weighted by Gasteiger charge is -2.06. The van der Waals surface area contributed by atoms with E-state index in [1.165, 1.54) is 0 Å². The van der Waals surface area contributed by atoms with Crippen molar-refractivity contribution in [3.63, 3.8) is 0 Å². The number of aryl methyl sites for hydroxylation is 2. The number of aromatic hydroxyl groups is 1. The summed E-state index contributed by atoms with van der Waals surface area (Å²) in [6.45, 7) is 6.41. The molecule has 0 saturated heterocycles. The number of nitrogens with zero attached hydrogens (tertiary/aromatic N) is 2. The fourth-order valence-electron chi connectivity index (χ4n) is 2.61. The maximum Gasteiger partial charge on any atom is 0.217 e. The fourth-order valence-corrected chi connectivity index (χ4v) is 2.61. The van der Waals surface area contributed by atoms with Gasteiger partial charge in [0, 0.05) is 5.56 Å². The summed E-state index contributed by atoms with van der Waals surface area (Å²) in [6.07, 6.45) is 6.33. The van der Waals surface area contributed by atoms with Crippen molar-refractivity contribution in [3.8, 4) is 11.6 Å². The Kier molecular flexibility index (Phi) is 5.43. The second-order valence-electron chi connectivity index (χ2n) is 5.65. The minimum Gasteiger partial charge on any atom is -0.493 e. The molecule has 1 N–H and O–H groups in total. The third-order valence-electron chi connectivity index (χ3n) is 3.93. The van der Waals surface area contributed by atoms with E-state index < -0.39 is 0 Å². The van der Waals surface area contributed by atoms with Crippen molar-refractivity contribution in [3.05, 3.63) is 41.1 Å². The van der Waals surface area contributed by atoms with Gasteiger partial charge in [-0.25, -0.2) is 4.68 Å². The highest BCUT2D eigenvalue weighted by Crippen LogP contribution is 2.28. The van der Waals surface area contributed by atoms with Crippen LogP contribution >= 0.6 is 0 Å². The fraction of sp³-hybridized carbons (Fsp3) is 0.500. The van der Waals surface area contributed by atoms with Gasteiger partial charge >= 0.3 is 0 Å². The third-order valence-corrected chi connectivity index (χ3v) is 3.93. The molecule has 2 aromatic rings. The lowest BCUT2D eigenvalue weighted by Crippen LogP contribution is -1.99. The summed E-state index contributed by atoms with van der Waals surface area (Å²) in [5.41, 5.74) is 4.19. The van der Waals surface area contributed by atoms with E-state index in [0.29, 0.717) is 5.88 Å². The van der Waals surface area contributed by atoms with Crippen LogP contribution in [0.25, 0.3) is 5.69 Å². The minimum atomic E-state index is 0.323. The first-order chi connectivity index (χ1) is 10.2. The Hall–Kier alpha value is -1.77. The van der Waals surface area contributed by atoms with Crippen LogP contribution in [0.15, 0.2) is 24.3 Å². The largest absolute Gasteiger partial charge is 0.493 e. The monoisotopic (exact) mass is 286 g/mol. The average Bonchev–Trinajstić information content (AvgIpc) is 2.80. The molecule has 21 heavy (non-hydrogen) atoms. The van der Waals surface area contributed by atoms with Crippen LogP contribution in [-0.2, 0) is 12.8 Å². The molecule has 0 spiro atoms.